The highest BCUT2D eigenvalue weighted by atomic mass is 31.2. The molecule has 0 radical (unpaired) electrons. The quantitative estimate of drug-likeness (QED) is 0.0350. The summed E-state index contributed by atoms with van der Waals surface area (Å²) >= 11 is 0. The van der Waals surface area contributed by atoms with Gasteiger partial charge in [0.2, 0.25) is 0 Å². The van der Waals surface area contributed by atoms with Gasteiger partial charge in [-0.3, -0.25) is 18.6 Å². The van der Waals surface area contributed by atoms with Crippen LogP contribution in [0.2, 0.25) is 0 Å². The van der Waals surface area contributed by atoms with Gasteiger partial charge in [-0.05, 0) is 12.8 Å². The molecule has 56 heavy (non-hydrogen) atoms. The van der Waals surface area contributed by atoms with Crippen molar-refractivity contribution in [3.05, 3.63) is 0 Å². The highest BCUT2D eigenvalue weighted by molar-refractivity contribution is 7.47. The van der Waals surface area contributed by atoms with Crippen LogP contribution in [0, 0.1) is 0 Å². The minimum absolute atomic E-state index is 0.0583. The molecular weight excluding hydrogens is 725 g/mol. The van der Waals surface area contributed by atoms with Gasteiger partial charge in [-0.1, -0.05) is 226 Å². The molecular formula is C46H92NO8P. The average molecular weight is 818 g/mol. The number of esters is 2. The molecule has 10 heteroatoms. The smallest absolute Gasteiger partial charge is 0.462 e. The van der Waals surface area contributed by atoms with Crippen molar-refractivity contribution in [2.75, 3.05) is 26.4 Å². The van der Waals surface area contributed by atoms with Gasteiger partial charge in [0.25, 0.3) is 0 Å². The lowest BCUT2D eigenvalue weighted by atomic mass is 10.0. The third-order valence-corrected chi connectivity index (χ3v) is 11.7. The number of hydrogen-bond acceptors (Lipinski definition) is 8. The number of carbonyl (C=O) groups is 2. The van der Waals surface area contributed by atoms with Crippen LogP contribution in [0.4, 0.5) is 0 Å². The molecule has 2 atom stereocenters. The summed E-state index contributed by atoms with van der Waals surface area (Å²) in [6, 6.07) is 0. The third-order valence-electron chi connectivity index (χ3n) is 10.7. The maximum atomic E-state index is 12.6. The standard InChI is InChI=1S/C46H92NO8P/c1-3-5-7-9-11-13-15-17-19-21-22-23-25-26-28-30-32-34-36-38-45(48)52-42-44(43-54-56(50,51)53-41-40-47)55-46(49)39-37-35-33-31-29-27-24-20-18-16-14-12-10-8-6-4-2/h44H,3-43,47H2,1-2H3,(H,50,51). The minimum Gasteiger partial charge on any atom is -0.462 e. The molecule has 0 bridgehead atoms. The van der Waals surface area contributed by atoms with E-state index in [9.17, 15) is 19.0 Å². The number of carbonyl (C=O) groups excluding carboxylic acids is 2. The molecule has 9 nitrogen and oxygen atoms in total. The Labute approximate surface area is 346 Å². The van der Waals surface area contributed by atoms with Crippen LogP contribution in [0.3, 0.4) is 0 Å². The van der Waals surface area contributed by atoms with E-state index in [1.807, 2.05) is 0 Å². The molecule has 0 aromatic heterocycles. The van der Waals surface area contributed by atoms with Crippen molar-refractivity contribution in [2.45, 2.75) is 258 Å². The van der Waals surface area contributed by atoms with Crippen LogP contribution in [0.15, 0.2) is 0 Å². The number of nitrogens with two attached hydrogens (primary N) is 1. The van der Waals surface area contributed by atoms with Crippen molar-refractivity contribution in [1.82, 2.24) is 0 Å². The second-order valence-corrected chi connectivity index (χ2v) is 17.8. The first-order chi connectivity index (χ1) is 27.3. The first-order valence-electron chi connectivity index (χ1n) is 24.0. The van der Waals surface area contributed by atoms with Gasteiger partial charge in [-0.2, -0.15) is 0 Å². The van der Waals surface area contributed by atoms with Crippen LogP contribution in [0.25, 0.3) is 0 Å². The van der Waals surface area contributed by atoms with Crippen molar-refractivity contribution in [1.29, 1.82) is 0 Å². The number of ether oxygens (including phenoxy) is 2. The molecule has 0 aliphatic carbocycles. The van der Waals surface area contributed by atoms with E-state index < -0.39 is 26.5 Å². The van der Waals surface area contributed by atoms with Crippen LogP contribution in [0.1, 0.15) is 251 Å². The van der Waals surface area contributed by atoms with Crippen molar-refractivity contribution in [2.24, 2.45) is 5.73 Å². The van der Waals surface area contributed by atoms with Crippen LogP contribution in [-0.2, 0) is 32.7 Å². The first kappa shape index (κ1) is 55.0. The molecule has 0 spiro atoms. The molecule has 0 saturated carbocycles. The van der Waals surface area contributed by atoms with Crippen molar-refractivity contribution >= 4 is 19.8 Å². The molecule has 0 saturated heterocycles. The number of phosphoric ester groups is 1. The summed E-state index contributed by atoms with van der Waals surface area (Å²) in [6.45, 7) is 3.79. The molecule has 3 N–H and O–H groups in total. The lowest BCUT2D eigenvalue weighted by Gasteiger charge is -2.19. The van der Waals surface area contributed by atoms with Gasteiger partial charge in [-0.25, -0.2) is 4.57 Å². The zero-order chi connectivity index (χ0) is 41.1. The second kappa shape index (κ2) is 43.6. The molecule has 0 aromatic carbocycles. The maximum absolute atomic E-state index is 12.6. The fourth-order valence-electron chi connectivity index (χ4n) is 7.17. The van der Waals surface area contributed by atoms with E-state index in [1.54, 1.807) is 0 Å². The molecule has 0 aliphatic rings. The predicted molar refractivity (Wildman–Crippen MR) is 234 cm³/mol. The normalized spacial score (nSPS) is 13.1. The third kappa shape index (κ3) is 42.6. The fraction of sp³-hybridized carbons (Fsp3) is 0.957. The summed E-state index contributed by atoms with van der Waals surface area (Å²) in [7, 11) is -4.37. The van der Waals surface area contributed by atoms with Crippen molar-refractivity contribution < 1.29 is 37.6 Å². The Kier molecular flexibility index (Phi) is 42.8. The predicted octanol–water partition coefficient (Wildman–Crippen LogP) is 14.0. The Hall–Kier alpha value is -0.990. The minimum atomic E-state index is -4.37. The van der Waals surface area contributed by atoms with Gasteiger partial charge in [0.1, 0.15) is 6.61 Å². The van der Waals surface area contributed by atoms with E-state index in [-0.39, 0.29) is 38.6 Å². The maximum Gasteiger partial charge on any atom is 0.472 e. The van der Waals surface area contributed by atoms with Gasteiger partial charge in [0.15, 0.2) is 6.10 Å². The molecule has 0 aromatic rings. The SMILES string of the molecule is CCCCCCCCCCCCCCCCCCCCCC(=O)OCC(COP(=O)(O)OCCN)OC(=O)CCCCCCCCCCCCCCCCCC. The summed E-state index contributed by atoms with van der Waals surface area (Å²) in [6.07, 6.45) is 44.2. The Morgan fingerprint density at radius 1 is 0.464 bits per heavy atom. The van der Waals surface area contributed by atoms with E-state index >= 15 is 0 Å². The number of hydrogen-bond donors (Lipinski definition) is 2. The van der Waals surface area contributed by atoms with E-state index in [0.29, 0.717) is 6.42 Å². The average Bonchev–Trinajstić information content (AvgIpc) is 3.18. The van der Waals surface area contributed by atoms with E-state index in [1.165, 1.54) is 186 Å². The summed E-state index contributed by atoms with van der Waals surface area (Å²) in [5.74, 6) is -0.808. The lowest BCUT2D eigenvalue weighted by Crippen LogP contribution is -2.29. The molecule has 0 rings (SSSR count). The van der Waals surface area contributed by atoms with Gasteiger partial charge >= 0.3 is 19.8 Å². The Morgan fingerprint density at radius 2 is 0.768 bits per heavy atom. The first-order valence-corrected chi connectivity index (χ1v) is 25.5. The number of phosphoric acid groups is 1. The van der Waals surface area contributed by atoms with E-state index in [2.05, 4.69) is 13.8 Å². The Morgan fingerprint density at radius 3 is 1.09 bits per heavy atom. The summed E-state index contributed by atoms with van der Waals surface area (Å²) < 4.78 is 32.9. The topological polar surface area (TPSA) is 134 Å². The molecule has 0 heterocycles. The molecule has 2 unspecified atom stereocenters. The summed E-state index contributed by atoms with van der Waals surface area (Å²) in [5, 5.41) is 0. The lowest BCUT2D eigenvalue weighted by molar-refractivity contribution is -0.161. The van der Waals surface area contributed by atoms with Crippen molar-refractivity contribution in [3.63, 3.8) is 0 Å². The van der Waals surface area contributed by atoms with Gasteiger partial charge in [0.05, 0.1) is 13.2 Å². The van der Waals surface area contributed by atoms with E-state index in [0.717, 1.165) is 32.1 Å². The number of rotatable bonds is 46. The Balaban J connectivity index is 4.02. The largest absolute Gasteiger partial charge is 0.472 e. The Bertz CT molecular complexity index is 891. The zero-order valence-electron chi connectivity index (χ0n) is 36.9. The monoisotopic (exact) mass is 818 g/mol. The highest BCUT2D eigenvalue weighted by Gasteiger charge is 2.26. The summed E-state index contributed by atoms with van der Waals surface area (Å²) in [4.78, 5) is 35.0. The zero-order valence-corrected chi connectivity index (χ0v) is 37.8. The molecule has 0 aliphatic heterocycles. The number of unbranched alkanes of at least 4 members (excludes halogenated alkanes) is 33. The second-order valence-electron chi connectivity index (χ2n) is 16.3. The van der Waals surface area contributed by atoms with Crippen molar-refractivity contribution in [3.8, 4) is 0 Å². The van der Waals surface area contributed by atoms with Crippen LogP contribution < -0.4 is 5.73 Å². The fourth-order valence-corrected chi connectivity index (χ4v) is 7.93. The van der Waals surface area contributed by atoms with Crippen LogP contribution in [0.5, 0.6) is 0 Å². The van der Waals surface area contributed by atoms with Gasteiger partial charge < -0.3 is 20.1 Å². The van der Waals surface area contributed by atoms with Gasteiger partial charge in [-0.15, -0.1) is 0 Å². The molecule has 0 amide bonds. The van der Waals surface area contributed by atoms with Gasteiger partial charge in [0, 0.05) is 19.4 Å². The highest BCUT2D eigenvalue weighted by Crippen LogP contribution is 2.43. The van der Waals surface area contributed by atoms with Crippen LogP contribution in [-0.4, -0.2) is 49.3 Å². The van der Waals surface area contributed by atoms with E-state index in [4.69, 9.17) is 24.3 Å². The summed E-state index contributed by atoms with van der Waals surface area (Å²) in [5.41, 5.74) is 5.36. The van der Waals surface area contributed by atoms with Crippen LogP contribution >= 0.6 is 7.82 Å². The molecule has 334 valence electrons. The molecule has 0 fully saturated rings.